The second-order valence-electron chi connectivity index (χ2n) is 8.49. The highest BCUT2D eigenvalue weighted by molar-refractivity contribution is 5.33. The number of rotatable bonds is 4. The second kappa shape index (κ2) is 10.5. The van der Waals surface area contributed by atoms with Crippen LogP contribution in [0.25, 0.3) is 0 Å². The van der Waals surface area contributed by atoms with E-state index in [1.54, 1.807) is 0 Å². The molecule has 5 heteroatoms. The number of hydrogen-bond acceptors (Lipinski definition) is 3. The molecule has 2 unspecified atom stereocenters. The Morgan fingerprint density at radius 2 is 1.79 bits per heavy atom. The fourth-order valence-electron chi connectivity index (χ4n) is 4.64. The van der Waals surface area contributed by atoms with Gasteiger partial charge in [-0.15, -0.1) is 0 Å². The third kappa shape index (κ3) is 5.73. The van der Waals surface area contributed by atoms with Gasteiger partial charge in [-0.2, -0.15) is 0 Å². The maximum Gasteiger partial charge on any atom is 0.324 e. The molecule has 0 radical (unpaired) electrons. The molecule has 1 aliphatic carbocycles. The molecule has 0 saturated heterocycles. The molecule has 4 N–H and O–H groups in total. The largest absolute Gasteiger partial charge is 0.384 e. The van der Waals surface area contributed by atoms with Crippen molar-refractivity contribution < 1.29 is 0 Å². The SMILES string of the molecule is CC1CCCCCCCCCC(CCCc2[nH]c(=O)[nH]c2N)c2ncccc21. The highest BCUT2D eigenvalue weighted by Crippen LogP contribution is 2.34. The smallest absolute Gasteiger partial charge is 0.324 e. The molecule has 0 amide bonds. The number of nitrogens with two attached hydrogens (primary N) is 1. The number of nitrogen functional groups attached to an aromatic ring is 1. The van der Waals surface area contributed by atoms with E-state index in [1.165, 1.54) is 69.0 Å². The maximum atomic E-state index is 11.4. The molecule has 2 aromatic rings. The van der Waals surface area contributed by atoms with Crippen LogP contribution in [0.2, 0.25) is 0 Å². The van der Waals surface area contributed by atoms with Crippen molar-refractivity contribution in [3.05, 3.63) is 45.8 Å². The number of aromatic amines is 2. The number of fused-ring (bicyclic) bond motifs is 1. The normalized spacial score (nSPS) is 21.9. The first-order valence-electron chi connectivity index (χ1n) is 11.2. The van der Waals surface area contributed by atoms with E-state index < -0.39 is 0 Å². The number of pyridine rings is 1. The second-order valence-corrected chi connectivity index (χ2v) is 8.49. The van der Waals surface area contributed by atoms with Gasteiger partial charge in [0.15, 0.2) is 0 Å². The molecule has 0 aliphatic heterocycles. The molecule has 0 aromatic carbocycles. The number of H-pyrrole nitrogens is 2. The quantitative estimate of drug-likeness (QED) is 0.658. The Hall–Kier alpha value is -2.04. The van der Waals surface area contributed by atoms with Crippen molar-refractivity contribution in [2.24, 2.45) is 0 Å². The number of aromatic nitrogens is 3. The van der Waals surface area contributed by atoms with Crippen LogP contribution >= 0.6 is 0 Å². The van der Waals surface area contributed by atoms with Crippen molar-refractivity contribution in [2.45, 2.75) is 95.8 Å². The Kier molecular flexibility index (Phi) is 7.75. The molecule has 0 bridgehead atoms. The molecule has 2 heterocycles. The van der Waals surface area contributed by atoms with Gasteiger partial charge in [-0.3, -0.25) is 9.97 Å². The maximum absolute atomic E-state index is 11.4. The number of aryl methyl sites for hydroxylation is 1. The van der Waals surface area contributed by atoms with Gasteiger partial charge in [0.1, 0.15) is 5.82 Å². The highest BCUT2D eigenvalue weighted by atomic mass is 16.1. The van der Waals surface area contributed by atoms with E-state index >= 15 is 0 Å². The summed E-state index contributed by atoms with van der Waals surface area (Å²) in [5.74, 6) is 1.54. The zero-order valence-electron chi connectivity index (χ0n) is 17.3. The molecule has 5 nitrogen and oxygen atoms in total. The number of imidazole rings is 1. The van der Waals surface area contributed by atoms with Gasteiger partial charge in [0.2, 0.25) is 0 Å². The van der Waals surface area contributed by atoms with Crippen molar-refractivity contribution in [1.29, 1.82) is 0 Å². The van der Waals surface area contributed by atoms with Gasteiger partial charge in [0, 0.05) is 17.8 Å². The zero-order chi connectivity index (χ0) is 19.8. The predicted molar refractivity (Wildman–Crippen MR) is 116 cm³/mol. The monoisotopic (exact) mass is 384 g/mol. The first-order valence-corrected chi connectivity index (χ1v) is 11.2. The van der Waals surface area contributed by atoms with Crippen LogP contribution in [0.1, 0.15) is 106 Å². The lowest BCUT2D eigenvalue weighted by Gasteiger charge is -2.22. The van der Waals surface area contributed by atoms with Crippen LogP contribution in [0.3, 0.4) is 0 Å². The molecule has 0 saturated carbocycles. The zero-order valence-corrected chi connectivity index (χ0v) is 17.3. The van der Waals surface area contributed by atoms with Crippen molar-refractivity contribution in [2.75, 3.05) is 5.73 Å². The standard InChI is InChI=1S/C23H36N4O/c1-17-11-7-5-3-2-4-6-8-12-18(21-19(17)14-10-16-25-21)13-9-15-20-22(24)27-23(28)26-20/h10,14,16-18H,2-9,11-13,15,24H2,1H3,(H2,26,27,28). The van der Waals surface area contributed by atoms with Gasteiger partial charge in [-0.05, 0) is 49.7 Å². The molecular formula is C23H36N4O. The fraction of sp³-hybridized carbons (Fsp3) is 0.652. The Morgan fingerprint density at radius 3 is 2.50 bits per heavy atom. The first kappa shape index (κ1) is 20.7. The van der Waals surface area contributed by atoms with Gasteiger partial charge in [-0.25, -0.2) is 4.79 Å². The van der Waals surface area contributed by atoms with Crippen molar-refractivity contribution >= 4 is 5.82 Å². The van der Waals surface area contributed by atoms with Gasteiger partial charge in [0.25, 0.3) is 0 Å². The first-order chi connectivity index (χ1) is 13.6. The summed E-state index contributed by atoms with van der Waals surface area (Å²) in [6.07, 6.45) is 16.7. The summed E-state index contributed by atoms with van der Waals surface area (Å²) < 4.78 is 0. The van der Waals surface area contributed by atoms with E-state index in [2.05, 4.69) is 29.0 Å². The number of hydrogen-bond donors (Lipinski definition) is 3. The Balaban J connectivity index is 1.73. The summed E-state index contributed by atoms with van der Waals surface area (Å²) in [6.45, 7) is 2.36. The molecule has 0 spiro atoms. The minimum absolute atomic E-state index is 0.213. The minimum atomic E-state index is -0.213. The van der Waals surface area contributed by atoms with Gasteiger partial charge >= 0.3 is 5.69 Å². The summed E-state index contributed by atoms with van der Waals surface area (Å²) in [5, 5.41) is 0. The summed E-state index contributed by atoms with van der Waals surface area (Å²) in [6, 6.07) is 4.39. The van der Waals surface area contributed by atoms with Crippen LogP contribution in [0, 0.1) is 0 Å². The summed E-state index contributed by atoms with van der Waals surface area (Å²) in [7, 11) is 0. The summed E-state index contributed by atoms with van der Waals surface area (Å²) >= 11 is 0. The summed E-state index contributed by atoms with van der Waals surface area (Å²) in [5.41, 5.74) is 9.27. The molecule has 3 rings (SSSR count). The van der Waals surface area contributed by atoms with Crippen LogP contribution in [0.5, 0.6) is 0 Å². The van der Waals surface area contributed by atoms with Gasteiger partial charge in [-0.1, -0.05) is 57.9 Å². The van der Waals surface area contributed by atoms with Crippen LogP contribution in [0.4, 0.5) is 5.82 Å². The van der Waals surface area contributed by atoms with Crippen LogP contribution in [0.15, 0.2) is 23.1 Å². The molecule has 2 aromatic heterocycles. The molecule has 1 aliphatic rings. The van der Waals surface area contributed by atoms with Gasteiger partial charge in [0.05, 0.1) is 5.69 Å². The Morgan fingerprint density at radius 1 is 1.07 bits per heavy atom. The van der Waals surface area contributed by atoms with Crippen molar-refractivity contribution in [3.8, 4) is 0 Å². The molecular weight excluding hydrogens is 348 g/mol. The third-order valence-electron chi connectivity index (χ3n) is 6.30. The van der Waals surface area contributed by atoms with E-state index in [-0.39, 0.29) is 5.69 Å². The Labute approximate surface area is 168 Å². The average Bonchev–Trinajstić information content (AvgIpc) is 3.02. The van der Waals surface area contributed by atoms with E-state index in [0.29, 0.717) is 17.7 Å². The van der Waals surface area contributed by atoms with E-state index in [1.807, 2.05) is 6.20 Å². The lowest BCUT2D eigenvalue weighted by Crippen LogP contribution is -2.09. The molecule has 154 valence electrons. The molecule has 28 heavy (non-hydrogen) atoms. The van der Waals surface area contributed by atoms with E-state index in [0.717, 1.165) is 25.0 Å². The fourth-order valence-corrected chi connectivity index (χ4v) is 4.64. The molecule has 2 atom stereocenters. The van der Waals surface area contributed by atoms with Crippen LogP contribution < -0.4 is 11.4 Å². The number of nitrogens with zero attached hydrogens (tertiary/aromatic N) is 1. The van der Waals surface area contributed by atoms with Crippen molar-refractivity contribution in [1.82, 2.24) is 15.0 Å². The number of nitrogens with one attached hydrogen (secondary N) is 2. The molecule has 0 fully saturated rings. The average molecular weight is 385 g/mol. The Bertz CT molecular complexity index is 779. The van der Waals surface area contributed by atoms with E-state index in [4.69, 9.17) is 10.7 Å². The van der Waals surface area contributed by atoms with E-state index in [9.17, 15) is 4.79 Å². The lowest BCUT2D eigenvalue weighted by atomic mass is 9.85. The minimum Gasteiger partial charge on any atom is -0.384 e. The van der Waals surface area contributed by atoms with Crippen LogP contribution in [-0.2, 0) is 6.42 Å². The van der Waals surface area contributed by atoms with Crippen LogP contribution in [-0.4, -0.2) is 15.0 Å². The number of anilines is 1. The summed E-state index contributed by atoms with van der Waals surface area (Å²) in [4.78, 5) is 21.7. The third-order valence-corrected chi connectivity index (χ3v) is 6.30. The van der Waals surface area contributed by atoms with Gasteiger partial charge < -0.3 is 10.7 Å². The lowest BCUT2D eigenvalue weighted by molar-refractivity contribution is 0.493. The predicted octanol–water partition coefficient (Wildman–Crippen LogP) is 5.41. The topological polar surface area (TPSA) is 87.6 Å². The van der Waals surface area contributed by atoms with Crippen molar-refractivity contribution in [3.63, 3.8) is 0 Å². The highest BCUT2D eigenvalue weighted by Gasteiger charge is 2.20.